The van der Waals surface area contributed by atoms with Crippen molar-refractivity contribution in [3.8, 4) is 0 Å². The molecular weight excluding hydrogens is 298 g/mol. The molecule has 22 heavy (non-hydrogen) atoms. The first-order valence-electron chi connectivity index (χ1n) is 7.58. The maximum absolute atomic E-state index is 12.3. The highest BCUT2D eigenvalue weighted by Crippen LogP contribution is 2.27. The van der Waals surface area contributed by atoms with Crippen molar-refractivity contribution in [1.82, 2.24) is 5.32 Å². The lowest BCUT2D eigenvalue weighted by molar-refractivity contribution is -0.123. The van der Waals surface area contributed by atoms with Gasteiger partial charge in [0, 0.05) is 46.8 Å². The summed E-state index contributed by atoms with van der Waals surface area (Å²) in [4.78, 5) is 24.4. The van der Waals surface area contributed by atoms with Crippen LogP contribution in [0.2, 0.25) is 0 Å². The molecule has 1 aliphatic heterocycles. The average Bonchev–Trinajstić information content (AvgIpc) is 2.83. The SMILES string of the molecule is CC(C)(CC(=O)N[C@@H]1CC[S@@](=O)C1)CC(=O)c1ccccc1. The van der Waals surface area contributed by atoms with E-state index < -0.39 is 16.2 Å². The van der Waals surface area contributed by atoms with Crippen LogP contribution in [0.3, 0.4) is 0 Å². The standard InChI is InChI=1S/C17H23NO3S/c1-17(2,10-15(19)13-6-4-3-5-7-13)11-16(20)18-14-8-9-22(21)12-14/h3-7,14H,8-12H2,1-2H3,(H,18,20)/t14-,22-/m1/s1. The number of hydrogen-bond acceptors (Lipinski definition) is 3. The second-order valence-corrected chi connectivity index (χ2v) is 8.29. The molecule has 1 aromatic rings. The predicted molar refractivity (Wildman–Crippen MR) is 88.2 cm³/mol. The maximum Gasteiger partial charge on any atom is 0.220 e. The summed E-state index contributed by atoms with van der Waals surface area (Å²) in [5, 5.41) is 2.94. The van der Waals surface area contributed by atoms with Gasteiger partial charge >= 0.3 is 0 Å². The number of ketones is 1. The van der Waals surface area contributed by atoms with Crippen LogP contribution in [0.1, 0.15) is 43.5 Å². The van der Waals surface area contributed by atoms with E-state index in [1.807, 2.05) is 32.0 Å². The van der Waals surface area contributed by atoms with Gasteiger partial charge in [0.15, 0.2) is 5.78 Å². The van der Waals surface area contributed by atoms with Crippen LogP contribution in [0.25, 0.3) is 0 Å². The maximum atomic E-state index is 12.3. The summed E-state index contributed by atoms with van der Waals surface area (Å²) in [5.74, 6) is 1.21. The third-order valence-electron chi connectivity index (χ3n) is 3.82. The quantitative estimate of drug-likeness (QED) is 0.818. The van der Waals surface area contributed by atoms with Crippen LogP contribution in [0.5, 0.6) is 0 Å². The van der Waals surface area contributed by atoms with E-state index in [-0.39, 0.29) is 17.7 Å². The number of rotatable bonds is 6. The molecule has 0 bridgehead atoms. The average molecular weight is 321 g/mol. The van der Waals surface area contributed by atoms with Crippen LogP contribution >= 0.6 is 0 Å². The van der Waals surface area contributed by atoms with Gasteiger partial charge in [-0.15, -0.1) is 0 Å². The van der Waals surface area contributed by atoms with Crippen LogP contribution in [-0.2, 0) is 15.6 Å². The van der Waals surface area contributed by atoms with Crippen LogP contribution in [0.4, 0.5) is 0 Å². The summed E-state index contributed by atoms with van der Waals surface area (Å²) < 4.78 is 11.3. The second-order valence-electron chi connectivity index (χ2n) is 6.67. The van der Waals surface area contributed by atoms with E-state index in [9.17, 15) is 13.8 Å². The lowest BCUT2D eigenvalue weighted by Gasteiger charge is -2.24. The lowest BCUT2D eigenvalue weighted by Crippen LogP contribution is -2.38. The topological polar surface area (TPSA) is 63.2 Å². The molecule has 0 spiro atoms. The van der Waals surface area contributed by atoms with E-state index in [4.69, 9.17) is 0 Å². The van der Waals surface area contributed by atoms with E-state index in [0.717, 1.165) is 6.42 Å². The van der Waals surface area contributed by atoms with Gasteiger partial charge in [-0.25, -0.2) is 0 Å². The predicted octanol–water partition coefficient (Wildman–Crippen LogP) is 2.31. The Labute approximate surface area is 134 Å². The first-order valence-corrected chi connectivity index (χ1v) is 9.07. The van der Waals surface area contributed by atoms with E-state index >= 15 is 0 Å². The third kappa shape index (κ3) is 5.05. The lowest BCUT2D eigenvalue weighted by atomic mass is 9.82. The molecule has 1 saturated heterocycles. The molecule has 0 aromatic heterocycles. The van der Waals surface area contributed by atoms with Crippen LogP contribution < -0.4 is 5.32 Å². The van der Waals surface area contributed by atoms with E-state index in [1.54, 1.807) is 12.1 Å². The Hall–Kier alpha value is -1.49. The van der Waals surface area contributed by atoms with E-state index in [0.29, 0.717) is 29.9 Å². The Morgan fingerprint density at radius 3 is 2.50 bits per heavy atom. The molecule has 1 N–H and O–H groups in total. The van der Waals surface area contributed by atoms with Crippen LogP contribution in [-0.4, -0.2) is 33.4 Å². The van der Waals surface area contributed by atoms with Gasteiger partial charge in [0.25, 0.3) is 0 Å². The van der Waals surface area contributed by atoms with E-state index in [1.165, 1.54) is 0 Å². The molecule has 1 amide bonds. The molecule has 2 atom stereocenters. The summed E-state index contributed by atoms with van der Waals surface area (Å²) in [6, 6.07) is 9.17. The van der Waals surface area contributed by atoms with Crippen molar-refractivity contribution in [2.24, 2.45) is 5.41 Å². The summed E-state index contributed by atoms with van der Waals surface area (Å²) >= 11 is 0. The highest BCUT2D eigenvalue weighted by molar-refractivity contribution is 7.85. The van der Waals surface area contributed by atoms with Gasteiger partial charge in [0.05, 0.1) is 0 Å². The molecule has 4 nitrogen and oxygen atoms in total. The Bertz CT molecular complexity index is 569. The van der Waals surface area contributed by atoms with Crippen molar-refractivity contribution in [3.05, 3.63) is 35.9 Å². The van der Waals surface area contributed by atoms with E-state index in [2.05, 4.69) is 5.32 Å². The van der Waals surface area contributed by atoms with Crippen molar-refractivity contribution in [3.63, 3.8) is 0 Å². The second kappa shape index (κ2) is 7.18. The zero-order chi connectivity index (χ0) is 16.2. The molecule has 1 fully saturated rings. The first kappa shape index (κ1) is 16.9. The van der Waals surface area contributed by atoms with Crippen LogP contribution in [0.15, 0.2) is 30.3 Å². The Balaban J connectivity index is 1.86. The number of Topliss-reactive ketones (excluding diaryl/α,β-unsaturated/α-hetero) is 1. The van der Waals surface area contributed by atoms with Gasteiger partial charge in [-0.05, 0) is 11.8 Å². The summed E-state index contributed by atoms with van der Waals surface area (Å²) in [6.07, 6.45) is 1.41. The minimum absolute atomic E-state index is 0.0222. The van der Waals surface area contributed by atoms with Gasteiger partial charge in [-0.2, -0.15) is 0 Å². The summed E-state index contributed by atoms with van der Waals surface area (Å²) in [7, 11) is -0.795. The number of benzene rings is 1. The molecule has 1 aromatic carbocycles. The van der Waals surface area contributed by atoms with Crippen molar-refractivity contribution in [2.45, 2.75) is 39.2 Å². The molecule has 5 heteroatoms. The number of hydrogen-bond donors (Lipinski definition) is 1. The van der Waals surface area contributed by atoms with Crippen molar-refractivity contribution in [1.29, 1.82) is 0 Å². The first-order chi connectivity index (χ1) is 10.4. The third-order valence-corrected chi connectivity index (χ3v) is 5.29. The molecule has 0 unspecified atom stereocenters. The Kier molecular flexibility index (Phi) is 5.51. The number of carbonyl (C=O) groups is 2. The van der Waals surface area contributed by atoms with Crippen molar-refractivity contribution in [2.75, 3.05) is 11.5 Å². The molecule has 0 radical (unpaired) electrons. The molecule has 120 valence electrons. The molecular formula is C17H23NO3S. The highest BCUT2D eigenvalue weighted by atomic mass is 32.2. The summed E-state index contributed by atoms with van der Waals surface area (Å²) in [5.41, 5.74) is 0.288. The zero-order valence-corrected chi connectivity index (χ0v) is 13.9. The Morgan fingerprint density at radius 1 is 1.23 bits per heavy atom. The number of nitrogens with one attached hydrogen (secondary N) is 1. The fraction of sp³-hybridized carbons (Fsp3) is 0.529. The summed E-state index contributed by atoms with van der Waals surface area (Å²) in [6.45, 7) is 3.86. The molecule has 0 aliphatic carbocycles. The normalized spacial score (nSPS) is 21.5. The van der Waals surface area contributed by atoms with Gasteiger partial charge < -0.3 is 5.32 Å². The van der Waals surface area contributed by atoms with Crippen molar-refractivity contribution >= 4 is 22.5 Å². The number of carbonyl (C=O) groups excluding carboxylic acids is 2. The zero-order valence-electron chi connectivity index (χ0n) is 13.1. The van der Waals surface area contributed by atoms with Gasteiger partial charge in [-0.3, -0.25) is 13.8 Å². The minimum atomic E-state index is -0.795. The van der Waals surface area contributed by atoms with Gasteiger partial charge in [0.1, 0.15) is 0 Å². The fourth-order valence-electron chi connectivity index (χ4n) is 2.72. The van der Waals surface area contributed by atoms with Crippen LogP contribution in [0, 0.1) is 5.41 Å². The Morgan fingerprint density at radius 2 is 1.91 bits per heavy atom. The minimum Gasteiger partial charge on any atom is -0.352 e. The largest absolute Gasteiger partial charge is 0.352 e. The monoisotopic (exact) mass is 321 g/mol. The molecule has 2 rings (SSSR count). The smallest absolute Gasteiger partial charge is 0.220 e. The van der Waals surface area contributed by atoms with Gasteiger partial charge in [0.2, 0.25) is 5.91 Å². The molecule has 0 saturated carbocycles. The number of amides is 1. The highest BCUT2D eigenvalue weighted by Gasteiger charge is 2.28. The molecule has 1 aliphatic rings. The van der Waals surface area contributed by atoms with Gasteiger partial charge in [-0.1, -0.05) is 44.2 Å². The fourth-order valence-corrected chi connectivity index (χ4v) is 4.13. The van der Waals surface area contributed by atoms with Crippen molar-refractivity contribution < 1.29 is 13.8 Å². The molecule has 1 heterocycles.